The summed E-state index contributed by atoms with van der Waals surface area (Å²) in [5, 5.41) is 9.93. The second-order valence-corrected chi connectivity index (χ2v) is 8.88. The van der Waals surface area contributed by atoms with Crippen molar-refractivity contribution < 1.29 is 28.5 Å². The van der Waals surface area contributed by atoms with Crippen molar-refractivity contribution in [3.8, 4) is 34.8 Å². The van der Waals surface area contributed by atoms with Crippen molar-refractivity contribution in [3.05, 3.63) is 125 Å². The van der Waals surface area contributed by atoms with Crippen molar-refractivity contribution in [1.29, 1.82) is 5.26 Å². The molecule has 0 amide bonds. The van der Waals surface area contributed by atoms with E-state index in [0.29, 0.717) is 35.2 Å². The molecule has 0 radical (unpaired) electrons. The molecule has 4 aromatic rings. The first-order chi connectivity index (χ1) is 19.6. The Morgan fingerprint density at radius 2 is 1.65 bits per heavy atom. The predicted octanol–water partition coefficient (Wildman–Crippen LogP) is 5.48. The molecule has 1 unspecified atom stereocenters. The van der Waals surface area contributed by atoms with E-state index in [0.717, 1.165) is 11.1 Å². The third-order valence-corrected chi connectivity index (χ3v) is 6.28. The van der Waals surface area contributed by atoms with Crippen LogP contribution in [0, 0.1) is 11.3 Å². The topological polar surface area (TPSA) is 113 Å². The number of nitrogens with two attached hydrogens (primary N) is 1. The van der Waals surface area contributed by atoms with E-state index in [4.69, 9.17) is 29.4 Å². The summed E-state index contributed by atoms with van der Waals surface area (Å²) in [4.78, 5) is 12.4. The van der Waals surface area contributed by atoms with Crippen LogP contribution in [0.5, 0.6) is 28.7 Å². The van der Waals surface area contributed by atoms with Gasteiger partial charge in [0.05, 0.1) is 13.0 Å². The van der Waals surface area contributed by atoms with Gasteiger partial charge in [-0.3, -0.25) is 0 Å². The maximum absolute atomic E-state index is 12.4. The molecule has 1 aliphatic rings. The fourth-order valence-corrected chi connectivity index (χ4v) is 4.38. The lowest BCUT2D eigenvalue weighted by molar-refractivity contribution is -0.136. The molecule has 0 fully saturated rings. The smallest absolute Gasteiger partial charge is 0.349 e. The van der Waals surface area contributed by atoms with E-state index in [2.05, 4.69) is 6.07 Å². The van der Waals surface area contributed by atoms with Gasteiger partial charge >= 0.3 is 5.97 Å². The lowest BCUT2D eigenvalue weighted by Gasteiger charge is -2.27. The Labute approximate surface area is 231 Å². The van der Waals surface area contributed by atoms with Gasteiger partial charge in [0.15, 0.2) is 18.1 Å². The van der Waals surface area contributed by atoms with Crippen LogP contribution in [0.3, 0.4) is 0 Å². The molecule has 0 saturated carbocycles. The van der Waals surface area contributed by atoms with Crippen molar-refractivity contribution >= 4 is 5.97 Å². The minimum absolute atomic E-state index is 0.0285. The van der Waals surface area contributed by atoms with Crippen molar-refractivity contribution in [3.63, 3.8) is 0 Å². The van der Waals surface area contributed by atoms with E-state index in [1.54, 1.807) is 43.5 Å². The summed E-state index contributed by atoms with van der Waals surface area (Å²) in [6.45, 7) is 0.120. The van der Waals surface area contributed by atoms with Gasteiger partial charge in [-0.25, -0.2) is 4.79 Å². The third-order valence-electron chi connectivity index (χ3n) is 6.28. The molecule has 200 valence electrons. The Kier molecular flexibility index (Phi) is 7.84. The Hall–Kier alpha value is -5.42. The molecule has 0 aromatic heterocycles. The number of esters is 1. The van der Waals surface area contributed by atoms with Gasteiger partial charge in [0.25, 0.3) is 0 Å². The van der Waals surface area contributed by atoms with Gasteiger partial charge in [-0.05, 0) is 41.5 Å². The highest BCUT2D eigenvalue weighted by atomic mass is 16.6. The monoisotopic (exact) mass is 534 g/mol. The number of carbonyl (C=O) groups is 1. The van der Waals surface area contributed by atoms with E-state index < -0.39 is 11.9 Å². The van der Waals surface area contributed by atoms with Crippen LogP contribution in [0.4, 0.5) is 0 Å². The number of benzene rings is 4. The molecule has 1 aliphatic heterocycles. The Morgan fingerprint density at radius 1 is 0.900 bits per heavy atom. The number of nitrogens with zero attached hydrogens (tertiary/aromatic N) is 1. The molecule has 2 N–H and O–H groups in total. The summed E-state index contributed by atoms with van der Waals surface area (Å²) in [7, 11) is 1.56. The standard InChI is InChI=1S/C32H26N2O6/c1-36-29-16-22(12-15-27(29)38-19-21-8-4-2-5-9-21)31-25-14-13-24(17-28(25)40-32(34)26(31)18-33)39-30(35)20-37-23-10-6-3-7-11-23/h2-17,31H,19-20,34H2,1H3. The Morgan fingerprint density at radius 3 is 2.38 bits per heavy atom. The number of hydrogen-bond acceptors (Lipinski definition) is 8. The van der Waals surface area contributed by atoms with Crippen LogP contribution in [-0.4, -0.2) is 19.7 Å². The first kappa shape index (κ1) is 26.2. The molecule has 5 rings (SSSR count). The molecule has 1 heterocycles. The summed E-state index contributed by atoms with van der Waals surface area (Å²) in [6, 6.07) is 31.4. The van der Waals surface area contributed by atoms with Crippen molar-refractivity contribution in [2.75, 3.05) is 13.7 Å². The molecule has 4 aromatic carbocycles. The highest BCUT2D eigenvalue weighted by molar-refractivity contribution is 5.74. The van der Waals surface area contributed by atoms with Gasteiger partial charge in [-0.1, -0.05) is 60.7 Å². The molecule has 0 spiro atoms. The van der Waals surface area contributed by atoms with E-state index in [1.165, 1.54) is 0 Å². The van der Waals surface area contributed by atoms with E-state index in [1.807, 2.05) is 60.7 Å². The molecular formula is C32H26N2O6. The number of carbonyl (C=O) groups excluding carboxylic acids is 1. The lowest BCUT2D eigenvalue weighted by Crippen LogP contribution is -2.21. The van der Waals surface area contributed by atoms with Gasteiger partial charge < -0.3 is 29.4 Å². The number of rotatable bonds is 9. The average Bonchev–Trinajstić information content (AvgIpc) is 2.99. The molecule has 0 aliphatic carbocycles. The molecular weight excluding hydrogens is 508 g/mol. The normalized spacial score (nSPS) is 13.8. The van der Waals surface area contributed by atoms with Gasteiger partial charge in [0.2, 0.25) is 5.88 Å². The van der Waals surface area contributed by atoms with Crippen LogP contribution in [0.25, 0.3) is 0 Å². The Bertz CT molecular complexity index is 1580. The quantitative estimate of drug-likeness (QED) is 0.222. The van der Waals surface area contributed by atoms with Gasteiger partial charge in [-0.2, -0.15) is 5.26 Å². The summed E-state index contributed by atoms with van der Waals surface area (Å²) in [5.41, 5.74) is 8.89. The van der Waals surface area contributed by atoms with Crippen LogP contribution < -0.4 is 29.4 Å². The molecule has 8 nitrogen and oxygen atoms in total. The summed E-state index contributed by atoms with van der Waals surface area (Å²) in [6.07, 6.45) is 0. The van der Waals surface area contributed by atoms with Crippen LogP contribution in [0.15, 0.2) is 109 Å². The maximum atomic E-state index is 12.4. The highest BCUT2D eigenvalue weighted by Gasteiger charge is 2.31. The number of allylic oxidation sites excluding steroid dienone is 1. The minimum atomic E-state index is -0.576. The highest BCUT2D eigenvalue weighted by Crippen LogP contribution is 2.45. The second kappa shape index (κ2) is 12.0. The molecule has 0 bridgehead atoms. The summed E-state index contributed by atoms with van der Waals surface area (Å²) >= 11 is 0. The number of nitriles is 1. The van der Waals surface area contributed by atoms with Crippen molar-refractivity contribution in [1.82, 2.24) is 0 Å². The van der Waals surface area contributed by atoms with Crippen LogP contribution in [0.1, 0.15) is 22.6 Å². The summed E-state index contributed by atoms with van der Waals surface area (Å²) < 4.78 is 28.3. The molecule has 1 atom stereocenters. The molecule has 40 heavy (non-hydrogen) atoms. The van der Waals surface area contributed by atoms with E-state index >= 15 is 0 Å². The van der Waals surface area contributed by atoms with Crippen LogP contribution >= 0.6 is 0 Å². The zero-order valence-electron chi connectivity index (χ0n) is 21.7. The lowest BCUT2D eigenvalue weighted by atomic mass is 9.83. The number of para-hydroxylation sites is 1. The number of ether oxygens (including phenoxy) is 5. The zero-order valence-corrected chi connectivity index (χ0v) is 21.7. The molecule has 8 heteroatoms. The van der Waals surface area contributed by atoms with E-state index in [9.17, 15) is 10.1 Å². The minimum Gasteiger partial charge on any atom is -0.493 e. The first-order valence-electron chi connectivity index (χ1n) is 12.5. The SMILES string of the molecule is COc1cc(C2C(C#N)=C(N)Oc3cc(OC(=O)COc4ccccc4)ccc32)ccc1OCc1ccccc1. The zero-order chi connectivity index (χ0) is 27.9. The van der Waals surface area contributed by atoms with Crippen LogP contribution in [0.2, 0.25) is 0 Å². The van der Waals surface area contributed by atoms with Crippen LogP contribution in [-0.2, 0) is 11.4 Å². The van der Waals surface area contributed by atoms with E-state index in [-0.39, 0.29) is 23.8 Å². The Balaban J connectivity index is 1.37. The number of fused-ring (bicyclic) bond motifs is 1. The van der Waals surface area contributed by atoms with Gasteiger partial charge in [-0.15, -0.1) is 0 Å². The molecule has 0 saturated heterocycles. The van der Waals surface area contributed by atoms with Gasteiger partial charge in [0.1, 0.15) is 35.5 Å². The van der Waals surface area contributed by atoms with Gasteiger partial charge in [0, 0.05) is 11.6 Å². The fraction of sp³-hybridized carbons (Fsp3) is 0.125. The largest absolute Gasteiger partial charge is 0.493 e. The summed E-state index contributed by atoms with van der Waals surface area (Å²) in [5.74, 6) is 1.14. The second-order valence-electron chi connectivity index (χ2n) is 8.88. The third kappa shape index (κ3) is 5.84. The van der Waals surface area contributed by atoms with Crippen molar-refractivity contribution in [2.45, 2.75) is 12.5 Å². The fourth-order valence-electron chi connectivity index (χ4n) is 4.38. The predicted molar refractivity (Wildman–Crippen MR) is 147 cm³/mol. The first-order valence-corrected chi connectivity index (χ1v) is 12.5. The number of hydrogen-bond donors (Lipinski definition) is 1. The maximum Gasteiger partial charge on any atom is 0.349 e. The number of methoxy groups -OCH3 is 1. The van der Waals surface area contributed by atoms with Crippen molar-refractivity contribution in [2.24, 2.45) is 5.73 Å². The average molecular weight is 535 g/mol.